The second-order valence-corrected chi connectivity index (χ2v) is 17.0. The van der Waals surface area contributed by atoms with Crippen LogP contribution in [-0.2, 0) is 38.0 Å². The van der Waals surface area contributed by atoms with E-state index in [0.29, 0.717) is 32.1 Å². The molecule has 18 atom stereocenters. The molecule has 0 aliphatic carbocycles. The van der Waals surface area contributed by atoms with Crippen molar-refractivity contribution in [1.82, 2.24) is 0 Å². The van der Waals surface area contributed by atoms with Crippen molar-refractivity contribution in [2.75, 3.05) is 13.2 Å². The van der Waals surface area contributed by atoms with Gasteiger partial charge >= 0.3 is 0 Å². The average Bonchev–Trinajstić information content (AvgIpc) is 3.73. The normalized spacial score (nSPS) is 48.4. The van der Waals surface area contributed by atoms with Crippen LogP contribution >= 0.6 is 0 Å². The number of hydrogen-bond acceptors (Lipinski definition) is 12. The summed E-state index contributed by atoms with van der Waals surface area (Å²) in [6, 6.07) is 0. The van der Waals surface area contributed by atoms with Crippen molar-refractivity contribution in [3.8, 4) is 0 Å². The van der Waals surface area contributed by atoms with Crippen LogP contribution in [0.15, 0.2) is 24.3 Å². The molecule has 3 unspecified atom stereocenters. The lowest BCUT2D eigenvalue weighted by molar-refractivity contribution is -0.235. The first-order valence-corrected chi connectivity index (χ1v) is 19.8. The second kappa shape index (κ2) is 16.3. The predicted molar refractivity (Wildman–Crippen MR) is 187 cm³/mol. The van der Waals surface area contributed by atoms with E-state index in [1.54, 1.807) is 0 Å². The molecule has 12 heteroatoms. The molecule has 52 heavy (non-hydrogen) atoms. The first-order valence-electron chi connectivity index (χ1n) is 19.8. The van der Waals surface area contributed by atoms with Crippen LogP contribution in [-0.4, -0.2) is 131 Å². The van der Waals surface area contributed by atoms with Crippen molar-refractivity contribution in [3.63, 3.8) is 0 Å². The Morgan fingerprint density at radius 1 is 0.731 bits per heavy atom. The van der Waals surface area contributed by atoms with Gasteiger partial charge in [0.25, 0.3) is 0 Å². The molecule has 7 heterocycles. The van der Waals surface area contributed by atoms with Gasteiger partial charge in [0.05, 0.1) is 80.4 Å². The molecule has 7 aliphatic rings. The first-order chi connectivity index (χ1) is 24.9. The Balaban J connectivity index is 1.10. The molecule has 12 nitrogen and oxygen atoms in total. The van der Waals surface area contributed by atoms with Gasteiger partial charge in [-0.1, -0.05) is 27.0 Å². The second-order valence-electron chi connectivity index (χ2n) is 17.0. The number of carbonyl (C=O) groups excluding carboxylic acids is 2. The van der Waals surface area contributed by atoms with Crippen LogP contribution in [0.4, 0.5) is 0 Å². The van der Waals surface area contributed by atoms with Gasteiger partial charge < -0.3 is 48.8 Å². The number of fused-ring (bicyclic) bond motifs is 7. The van der Waals surface area contributed by atoms with Crippen LogP contribution < -0.4 is 0 Å². The van der Waals surface area contributed by atoms with Crippen molar-refractivity contribution in [1.29, 1.82) is 0 Å². The number of carbonyl (C=O) groups is 2. The predicted octanol–water partition coefficient (Wildman–Crippen LogP) is 2.75. The van der Waals surface area contributed by atoms with E-state index in [4.69, 9.17) is 28.4 Å². The largest absolute Gasteiger partial charge is 0.394 e. The Kier molecular flexibility index (Phi) is 12.1. The molecule has 0 aromatic carbocycles. The molecule has 0 amide bonds. The van der Waals surface area contributed by atoms with Crippen molar-refractivity contribution >= 4 is 11.6 Å². The summed E-state index contributed by atoms with van der Waals surface area (Å²) < 4.78 is 38.2. The van der Waals surface area contributed by atoms with Gasteiger partial charge in [-0.15, -0.1) is 0 Å². The van der Waals surface area contributed by atoms with Gasteiger partial charge in [-0.3, -0.25) is 9.59 Å². The molecule has 0 spiro atoms. The molecule has 7 saturated heterocycles. The van der Waals surface area contributed by atoms with Gasteiger partial charge in [0.2, 0.25) is 0 Å². The van der Waals surface area contributed by atoms with E-state index < -0.39 is 48.8 Å². The zero-order valence-corrected chi connectivity index (χ0v) is 30.8. The van der Waals surface area contributed by atoms with Gasteiger partial charge in [0.15, 0.2) is 0 Å². The summed E-state index contributed by atoms with van der Waals surface area (Å²) in [6.07, 6.45) is -1.59. The van der Waals surface area contributed by atoms with Gasteiger partial charge in [0.1, 0.15) is 29.9 Å². The molecule has 4 N–H and O–H groups in total. The number of aliphatic hydroxyl groups excluding tert-OH is 4. The van der Waals surface area contributed by atoms with Crippen molar-refractivity contribution < 1.29 is 58.4 Å². The average molecular weight is 733 g/mol. The highest BCUT2D eigenvalue weighted by Gasteiger charge is 2.57. The third-order valence-corrected chi connectivity index (χ3v) is 13.4. The third-order valence-electron chi connectivity index (χ3n) is 13.4. The Morgan fingerprint density at radius 2 is 1.48 bits per heavy atom. The van der Waals surface area contributed by atoms with Crippen LogP contribution in [0, 0.1) is 23.7 Å². The molecule has 8 bridgehead atoms. The molecule has 0 aromatic rings. The van der Waals surface area contributed by atoms with Gasteiger partial charge in [-0.05, 0) is 67.4 Å². The number of Topliss-reactive ketones (excluding diaryl/α,β-unsaturated/α-hetero) is 2. The standard InChI is InChI=1S/C40H60O12/c1-19-9-27-7-8-31-20(2)10-26(48-31)6-5-23(42)13-35-38(46)40-39(51-35)37(45)30-15-28(47-18-36(30)52-40)11-24(43)12-29-22(4)32(14-25(44)17-41)50-34(29)16-33(49-27)21(19)3/h19,22,25-41,44-46H,2-3,5-18H2,1,4H3/t19-,22-,25+,26?,27+,28?,29-,30+,31+,32-,33-,34?,35-,36+,37+,38+,39+,40+/m1/s1. The van der Waals surface area contributed by atoms with Crippen LogP contribution in [0.25, 0.3) is 0 Å². The lowest BCUT2D eigenvalue weighted by Crippen LogP contribution is -2.59. The van der Waals surface area contributed by atoms with Crippen LogP contribution in [0.3, 0.4) is 0 Å². The first kappa shape index (κ1) is 38.7. The summed E-state index contributed by atoms with van der Waals surface area (Å²) in [6.45, 7) is 12.8. The minimum atomic E-state index is -1.05. The topological polar surface area (TPSA) is 170 Å². The highest BCUT2D eigenvalue weighted by Crippen LogP contribution is 2.45. The minimum Gasteiger partial charge on any atom is -0.394 e. The highest BCUT2D eigenvalue weighted by molar-refractivity contribution is 5.79. The van der Waals surface area contributed by atoms with E-state index in [1.165, 1.54) is 0 Å². The Bertz CT molecular complexity index is 1320. The number of hydrogen-bond donors (Lipinski definition) is 4. The summed E-state index contributed by atoms with van der Waals surface area (Å²) in [5.74, 6) is -0.291. The molecule has 7 rings (SSSR count). The minimum absolute atomic E-state index is 0.00785. The summed E-state index contributed by atoms with van der Waals surface area (Å²) >= 11 is 0. The highest BCUT2D eigenvalue weighted by atomic mass is 16.6. The molecular formula is C40H60O12. The SMILES string of the molecule is C=C1CC2CCC(=O)C[C@H]3O[C@H]4[C@@H](O)[C@H]5CC(CC(=O)C[C@H]6C(C[C@H]7O[C@@H](CC[C@@H]1O2)C[C@@H](C)C7=C)O[C@H](C[C@H](O)CO)[C@@H]6C)OC[C@@H]5O[C@H]4[C@H]3O. The van der Waals surface area contributed by atoms with E-state index >= 15 is 0 Å². The molecule has 0 radical (unpaired) electrons. The molecule has 0 aromatic heterocycles. The Hall–Kier alpha value is -1.58. The number of ether oxygens (including phenoxy) is 6. The molecule has 292 valence electrons. The zero-order chi connectivity index (χ0) is 36.8. The van der Waals surface area contributed by atoms with Crippen LogP contribution in [0.1, 0.15) is 90.9 Å². The van der Waals surface area contributed by atoms with E-state index in [9.17, 15) is 30.0 Å². The Morgan fingerprint density at radius 3 is 2.27 bits per heavy atom. The fourth-order valence-corrected chi connectivity index (χ4v) is 10.2. The maximum absolute atomic E-state index is 13.8. The molecule has 0 saturated carbocycles. The summed E-state index contributed by atoms with van der Waals surface area (Å²) in [7, 11) is 0. The molecule has 7 fully saturated rings. The summed E-state index contributed by atoms with van der Waals surface area (Å²) in [5, 5.41) is 42.6. The van der Waals surface area contributed by atoms with E-state index in [2.05, 4.69) is 27.0 Å². The van der Waals surface area contributed by atoms with Crippen molar-refractivity contribution in [2.45, 2.75) is 176 Å². The number of aliphatic hydroxyl groups is 4. The van der Waals surface area contributed by atoms with E-state index in [0.717, 1.165) is 30.4 Å². The zero-order valence-electron chi connectivity index (χ0n) is 30.8. The van der Waals surface area contributed by atoms with Gasteiger partial charge in [-0.25, -0.2) is 0 Å². The molecule has 7 aliphatic heterocycles. The summed E-state index contributed by atoms with van der Waals surface area (Å²) in [5.41, 5.74) is 2.05. The monoisotopic (exact) mass is 732 g/mol. The van der Waals surface area contributed by atoms with E-state index in [-0.39, 0.29) is 111 Å². The lowest BCUT2D eigenvalue weighted by Gasteiger charge is -2.46. The fraction of sp³-hybridized carbons (Fsp3) is 0.850. The summed E-state index contributed by atoms with van der Waals surface area (Å²) in [4.78, 5) is 26.9. The Labute approximate surface area is 307 Å². The quantitative estimate of drug-likeness (QED) is 0.314. The number of rotatable bonds is 3. The van der Waals surface area contributed by atoms with Crippen LogP contribution in [0.5, 0.6) is 0 Å². The fourth-order valence-electron chi connectivity index (χ4n) is 10.2. The van der Waals surface area contributed by atoms with Crippen molar-refractivity contribution in [3.05, 3.63) is 24.3 Å². The van der Waals surface area contributed by atoms with Crippen LogP contribution in [0.2, 0.25) is 0 Å². The smallest absolute Gasteiger partial charge is 0.135 e. The van der Waals surface area contributed by atoms with Crippen molar-refractivity contribution in [2.24, 2.45) is 23.7 Å². The van der Waals surface area contributed by atoms with E-state index in [1.807, 2.05) is 0 Å². The van der Waals surface area contributed by atoms with Gasteiger partial charge in [-0.2, -0.15) is 0 Å². The third kappa shape index (κ3) is 8.17. The maximum atomic E-state index is 13.8. The van der Waals surface area contributed by atoms with Gasteiger partial charge in [0, 0.05) is 44.4 Å². The maximum Gasteiger partial charge on any atom is 0.135 e. The molecular weight excluding hydrogens is 672 g/mol. The number of ketones is 2. The lowest BCUT2D eigenvalue weighted by atomic mass is 9.78.